The third-order valence-electron chi connectivity index (χ3n) is 0. The van der Waals surface area contributed by atoms with Crippen LogP contribution in [0.3, 0.4) is 0 Å². The molecule has 0 unspecified atom stereocenters. The molecule has 0 aromatic rings. The second-order valence-electron chi connectivity index (χ2n) is 0.385. The average molecular weight is 492 g/mol. The van der Waals surface area contributed by atoms with Gasteiger partial charge >= 0.3 is 0 Å². The first kappa shape index (κ1) is 29.4. The summed E-state index contributed by atoms with van der Waals surface area (Å²) in [5, 5.41) is 0. The molecule has 0 saturated heterocycles. The van der Waals surface area contributed by atoms with E-state index in [0.717, 1.165) is 0 Å². The summed E-state index contributed by atoms with van der Waals surface area (Å²) in [7, 11) is 0. The Morgan fingerprint density at radius 3 is 0.538 bits per heavy atom. The summed E-state index contributed by atoms with van der Waals surface area (Å²) in [6.07, 6.45) is 0. The van der Waals surface area contributed by atoms with Gasteiger partial charge < -0.3 is 99.4 Å². The van der Waals surface area contributed by atoms with E-state index in [0.29, 0.717) is 0 Å². The van der Waals surface area contributed by atoms with Crippen molar-refractivity contribution in [3.8, 4) is 0 Å². The van der Waals surface area contributed by atoms with Crippen molar-refractivity contribution in [3.05, 3.63) is 0 Å². The molecule has 0 spiro atoms. The van der Waals surface area contributed by atoms with Crippen LogP contribution in [0.25, 0.3) is 0 Å². The second kappa shape index (κ2) is 66.2. The van der Waals surface area contributed by atoms with Crippen molar-refractivity contribution in [2.75, 3.05) is 0 Å². The number of hydrogen-bond acceptors (Lipinski definition) is 8. The summed E-state index contributed by atoms with van der Waals surface area (Å²) in [5.41, 5.74) is 0. The number of thiocarbonyl (C=S) groups is 4. The fourth-order valence-electron chi connectivity index (χ4n) is 0. The minimum Gasteiger partial charge on any atom is -0.436 e. The van der Waals surface area contributed by atoms with Gasteiger partial charge in [-0.25, -0.2) is 0 Å². The van der Waals surface area contributed by atoms with Crippen molar-refractivity contribution in [2.24, 2.45) is 0 Å². The number of hydrogen-bond donors (Lipinski definition) is 0. The molecule has 0 heterocycles. The van der Waals surface area contributed by atoms with Gasteiger partial charge in [0.2, 0.25) is 0 Å². The van der Waals surface area contributed by atoms with E-state index < -0.39 is 0 Å². The van der Waals surface area contributed by atoms with E-state index in [2.05, 4.69) is 99.4 Å². The van der Waals surface area contributed by atoms with Gasteiger partial charge in [0.05, 0.1) is 0 Å². The van der Waals surface area contributed by atoms with Crippen LogP contribution in [0.5, 0.6) is 0 Å². The molecule has 0 aliphatic heterocycles. The van der Waals surface area contributed by atoms with Gasteiger partial charge in [-0.1, -0.05) is 0 Å². The van der Waals surface area contributed by atoms with Crippen LogP contribution < -0.4 is 0 Å². The molecule has 9 heteroatoms. The van der Waals surface area contributed by atoms with Crippen LogP contribution in [-0.2, 0) is 71.6 Å². The first-order chi connectivity index (χ1) is 5.66. The Morgan fingerprint density at radius 2 is 0.538 bits per heavy atom. The van der Waals surface area contributed by atoms with Crippen LogP contribution in [0.15, 0.2) is 0 Å². The first-order valence-electron chi connectivity index (χ1n) is 1.89. The summed E-state index contributed by atoms with van der Waals surface area (Å²) in [6.45, 7) is 0. The van der Waals surface area contributed by atoms with Gasteiger partial charge in [-0.15, -0.1) is 0 Å². The molecule has 0 amide bonds. The third-order valence-corrected chi connectivity index (χ3v) is 0. The van der Waals surface area contributed by atoms with Gasteiger partial charge in [-0.2, -0.15) is 18.8 Å². The van der Waals surface area contributed by atoms with E-state index in [9.17, 15) is 0 Å². The van der Waals surface area contributed by atoms with E-state index in [1.54, 1.807) is 0 Å². The Balaban J connectivity index is -0.0000000213. The van der Waals surface area contributed by atoms with Crippen LogP contribution in [0, 0.1) is 0 Å². The van der Waals surface area contributed by atoms with Gasteiger partial charge in [0, 0.05) is 21.1 Å². The molecular formula is C4H4S8W-4. The fourth-order valence-corrected chi connectivity index (χ4v) is 0. The van der Waals surface area contributed by atoms with E-state index >= 15 is 0 Å². The fraction of sp³-hybridized carbons (Fsp3) is 0. The zero-order valence-corrected chi connectivity index (χ0v) is 15.4. The molecule has 0 aromatic carbocycles. The predicted molar refractivity (Wildman–Crippen MR) is 84.1 cm³/mol. The standard InChI is InChI=1S/4CH2S2.W/c4*2-1-3;/h4*1H,(H,2,3);/p-4. The van der Waals surface area contributed by atoms with E-state index in [1.807, 2.05) is 0 Å². The normalized spacial score (nSPS) is 3.69. The van der Waals surface area contributed by atoms with Gasteiger partial charge in [-0.3, -0.25) is 0 Å². The maximum Gasteiger partial charge on any atom is 0 e. The van der Waals surface area contributed by atoms with Crippen molar-refractivity contribution >= 4 is 118 Å². The molecule has 0 N–H and O–H groups in total. The largest absolute Gasteiger partial charge is 0.436 e. The summed E-state index contributed by atoms with van der Waals surface area (Å²) in [6, 6.07) is 0. The van der Waals surface area contributed by atoms with Gasteiger partial charge in [-0.05, 0) is 0 Å². The smallest absolute Gasteiger partial charge is 0 e. The maximum atomic E-state index is 4.08. The minimum absolute atomic E-state index is 0. The molecule has 0 aliphatic carbocycles. The molecule has 0 aromatic heterocycles. The molecular weight excluding hydrogens is 488 g/mol. The molecule has 0 atom stereocenters. The van der Waals surface area contributed by atoms with Crippen LogP contribution >= 0.6 is 48.9 Å². The van der Waals surface area contributed by atoms with Crippen molar-refractivity contribution in [3.63, 3.8) is 0 Å². The molecule has 0 rings (SSSR count). The van der Waals surface area contributed by atoms with Gasteiger partial charge in [0.15, 0.2) is 0 Å². The predicted octanol–water partition coefficient (Wildman–Crippen LogP) is 1.96. The van der Waals surface area contributed by atoms with Crippen molar-refractivity contribution in [1.82, 2.24) is 0 Å². The van der Waals surface area contributed by atoms with E-state index in [-0.39, 0.29) is 21.1 Å². The molecule has 13 heavy (non-hydrogen) atoms. The number of rotatable bonds is 0. The SMILES string of the molecule is S=C[S-].S=C[S-].S=C[S-].S=C[S-].[W]. The Labute approximate surface area is 137 Å². The molecule has 0 fully saturated rings. The minimum atomic E-state index is 0. The molecule has 0 aliphatic rings. The molecule has 0 radical (unpaired) electrons. The van der Waals surface area contributed by atoms with E-state index in [4.69, 9.17) is 0 Å². The summed E-state index contributed by atoms with van der Waals surface area (Å²) < 4.78 is 4.67. The summed E-state index contributed by atoms with van der Waals surface area (Å²) >= 11 is 32.7. The molecule has 0 nitrogen and oxygen atoms in total. The van der Waals surface area contributed by atoms with Crippen molar-refractivity contribution < 1.29 is 21.1 Å². The monoisotopic (exact) mass is 492 g/mol. The Morgan fingerprint density at radius 1 is 0.538 bits per heavy atom. The van der Waals surface area contributed by atoms with Gasteiger partial charge in [0.25, 0.3) is 0 Å². The van der Waals surface area contributed by atoms with E-state index in [1.165, 1.54) is 18.8 Å². The topological polar surface area (TPSA) is 0 Å². The summed E-state index contributed by atoms with van der Waals surface area (Å²) in [5.74, 6) is 0. The Kier molecular flexibility index (Phi) is 150. The molecule has 0 bridgehead atoms. The first-order valence-corrected chi connectivity index (χ1v) is 5.66. The van der Waals surface area contributed by atoms with Crippen LogP contribution in [0.4, 0.5) is 0 Å². The van der Waals surface area contributed by atoms with Crippen LogP contribution in [0.1, 0.15) is 0 Å². The Bertz CT molecular complexity index is 70.1. The van der Waals surface area contributed by atoms with Gasteiger partial charge in [0.1, 0.15) is 0 Å². The summed E-state index contributed by atoms with van der Waals surface area (Å²) in [4.78, 5) is 0. The molecule has 78 valence electrons. The third kappa shape index (κ3) is 533. The maximum absolute atomic E-state index is 4.08. The average Bonchev–Trinajstić information content (AvgIpc) is 1.92. The zero-order chi connectivity index (χ0) is 10.8. The van der Waals surface area contributed by atoms with Crippen molar-refractivity contribution in [1.29, 1.82) is 0 Å². The Hall–Kier alpha value is 1.93. The van der Waals surface area contributed by atoms with Crippen LogP contribution in [-0.4, -0.2) is 18.8 Å². The van der Waals surface area contributed by atoms with Crippen LogP contribution in [0.2, 0.25) is 0 Å². The second-order valence-corrected chi connectivity index (χ2v) is 3.46. The quantitative estimate of drug-likeness (QED) is 0.367. The zero-order valence-electron chi connectivity index (χ0n) is 5.98. The molecule has 0 saturated carbocycles. The van der Waals surface area contributed by atoms with Crippen molar-refractivity contribution in [2.45, 2.75) is 0 Å².